The second kappa shape index (κ2) is 4.50. The summed E-state index contributed by atoms with van der Waals surface area (Å²) < 4.78 is 0. The summed E-state index contributed by atoms with van der Waals surface area (Å²) in [7, 11) is 2.06. The van der Waals surface area contributed by atoms with Gasteiger partial charge >= 0.3 is 0 Å². The molecule has 0 aliphatic carbocycles. The molecular formula is C19H17NOS. The van der Waals surface area contributed by atoms with E-state index >= 15 is 0 Å². The SMILES string of the molecule is CN1C(=C2Sc3ccccc3C2=O)C(C)(C)c2ccccc21. The monoisotopic (exact) mass is 307 g/mol. The molecule has 0 amide bonds. The van der Waals surface area contributed by atoms with Crippen LogP contribution in [0.4, 0.5) is 5.69 Å². The Labute approximate surface area is 134 Å². The van der Waals surface area contributed by atoms with Gasteiger partial charge in [-0.15, -0.1) is 0 Å². The molecule has 0 radical (unpaired) electrons. The molecule has 0 bridgehead atoms. The third kappa shape index (κ3) is 1.66. The number of hydrogen-bond donors (Lipinski definition) is 0. The number of ketones is 1. The zero-order chi connectivity index (χ0) is 15.5. The summed E-state index contributed by atoms with van der Waals surface area (Å²) in [6.45, 7) is 4.41. The van der Waals surface area contributed by atoms with Gasteiger partial charge in [0.25, 0.3) is 0 Å². The van der Waals surface area contributed by atoms with Gasteiger partial charge in [-0.3, -0.25) is 4.79 Å². The highest BCUT2D eigenvalue weighted by atomic mass is 32.2. The Morgan fingerprint density at radius 3 is 2.41 bits per heavy atom. The van der Waals surface area contributed by atoms with E-state index < -0.39 is 0 Å². The molecule has 2 aromatic carbocycles. The molecule has 0 aromatic heterocycles. The fourth-order valence-corrected chi connectivity index (χ4v) is 4.90. The summed E-state index contributed by atoms with van der Waals surface area (Å²) in [6.07, 6.45) is 0. The Morgan fingerprint density at radius 2 is 1.68 bits per heavy atom. The van der Waals surface area contributed by atoms with Crippen LogP contribution in [0.2, 0.25) is 0 Å². The van der Waals surface area contributed by atoms with E-state index in [1.807, 2.05) is 24.3 Å². The smallest absolute Gasteiger partial charge is 0.202 e. The molecule has 0 spiro atoms. The van der Waals surface area contributed by atoms with Crippen molar-refractivity contribution in [1.29, 1.82) is 0 Å². The number of thioether (sulfide) groups is 1. The van der Waals surface area contributed by atoms with Crippen LogP contribution >= 0.6 is 11.8 Å². The zero-order valence-electron chi connectivity index (χ0n) is 12.9. The first-order valence-electron chi connectivity index (χ1n) is 7.41. The molecule has 0 saturated carbocycles. The van der Waals surface area contributed by atoms with Crippen LogP contribution in [0.1, 0.15) is 29.8 Å². The van der Waals surface area contributed by atoms with Crippen LogP contribution in [-0.2, 0) is 5.41 Å². The predicted octanol–water partition coefficient (Wildman–Crippen LogP) is 4.61. The Bertz CT molecular complexity index is 835. The van der Waals surface area contributed by atoms with Gasteiger partial charge < -0.3 is 4.90 Å². The fraction of sp³-hybridized carbons (Fsp3) is 0.211. The lowest BCUT2D eigenvalue weighted by Gasteiger charge is -2.25. The molecule has 0 atom stereocenters. The largest absolute Gasteiger partial charge is 0.346 e. The quantitative estimate of drug-likeness (QED) is 0.663. The number of hydrogen-bond acceptors (Lipinski definition) is 3. The summed E-state index contributed by atoms with van der Waals surface area (Å²) in [5.74, 6) is 0.156. The van der Waals surface area contributed by atoms with Gasteiger partial charge in [0.1, 0.15) is 0 Å². The van der Waals surface area contributed by atoms with Crippen LogP contribution in [0.3, 0.4) is 0 Å². The first-order valence-corrected chi connectivity index (χ1v) is 8.23. The molecule has 3 heteroatoms. The zero-order valence-corrected chi connectivity index (χ0v) is 13.7. The van der Waals surface area contributed by atoms with Crippen molar-refractivity contribution in [2.75, 3.05) is 11.9 Å². The molecule has 2 aromatic rings. The second-order valence-corrected chi connectivity index (χ2v) is 7.36. The summed E-state index contributed by atoms with van der Waals surface area (Å²) in [5.41, 5.74) is 4.25. The normalized spacial score (nSPS) is 22.0. The van der Waals surface area contributed by atoms with Crippen LogP contribution in [-0.4, -0.2) is 12.8 Å². The molecular weight excluding hydrogens is 290 g/mol. The maximum atomic E-state index is 12.9. The summed E-state index contributed by atoms with van der Waals surface area (Å²) in [4.78, 5) is 17.0. The van der Waals surface area contributed by atoms with Crippen molar-refractivity contribution in [3.05, 3.63) is 70.3 Å². The van der Waals surface area contributed by atoms with Crippen LogP contribution in [0.5, 0.6) is 0 Å². The van der Waals surface area contributed by atoms with Crippen LogP contribution < -0.4 is 4.90 Å². The van der Waals surface area contributed by atoms with Crippen molar-refractivity contribution < 1.29 is 4.79 Å². The molecule has 2 heterocycles. The van der Waals surface area contributed by atoms with Crippen molar-refractivity contribution in [2.45, 2.75) is 24.2 Å². The Morgan fingerprint density at radius 1 is 1.00 bits per heavy atom. The van der Waals surface area contributed by atoms with Crippen LogP contribution in [0.15, 0.2) is 64.0 Å². The van der Waals surface area contributed by atoms with E-state index in [-0.39, 0.29) is 11.2 Å². The predicted molar refractivity (Wildman–Crippen MR) is 91.5 cm³/mol. The number of rotatable bonds is 0. The fourth-order valence-electron chi connectivity index (χ4n) is 3.58. The van der Waals surface area contributed by atoms with Crippen molar-refractivity contribution in [3.8, 4) is 0 Å². The van der Waals surface area contributed by atoms with Gasteiger partial charge in [-0.1, -0.05) is 55.9 Å². The number of carbonyl (C=O) groups is 1. The molecule has 0 N–H and O–H groups in total. The van der Waals surface area contributed by atoms with E-state index in [1.54, 1.807) is 11.8 Å². The lowest BCUT2D eigenvalue weighted by molar-refractivity contribution is 0.104. The van der Waals surface area contributed by atoms with Crippen molar-refractivity contribution in [1.82, 2.24) is 0 Å². The van der Waals surface area contributed by atoms with Gasteiger partial charge in [0.2, 0.25) is 5.78 Å². The Balaban J connectivity index is 1.93. The molecule has 4 rings (SSSR count). The van der Waals surface area contributed by atoms with E-state index in [0.29, 0.717) is 0 Å². The number of fused-ring (bicyclic) bond motifs is 2. The minimum Gasteiger partial charge on any atom is -0.346 e. The van der Waals surface area contributed by atoms with Gasteiger partial charge in [-0.05, 0) is 23.8 Å². The third-order valence-electron chi connectivity index (χ3n) is 4.63. The number of likely N-dealkylation sites (N-methyl/N-ethyl adjacent to an activating group) is 1. The Hall–Kier alpha value is -2.00. The van der Waals surface area contributed by atoms with E-state index in [2.05, 4.69) is 50.1 Å². The van der Waals surface area contributed by atoms with E-state index in [1.165, 1.54) is 11.3 Å². The highest BCUT2D eigenvalue weighted by Gasteiger charge is 2.43. The number of anilines is 1. The number of Topliss-reactive ketones (excluding diaryl/α,β-unsaturated/α-hetero) is 1. The number of nitrogens with zero attached hydrogens (tertiary/aromatic N) is 1. The number of allylic oxidation sites excluding steroid dienone is 2. The highest BCUT2D eigenvalue weighted by molar-refractivity contribution is 8.04. The van der Waals surface area contributed by atoms with E-state index in [9.17, 15) is 4.79 Å². The van der Waals surface area contributed by atoms with Crippen molar-refractivity contribution >= 4 is 23.2 Å². The van der Waals surface area contributed by atoms with E-state index in [4.69, 9.17) is 0 Å². The van der Waals surface area contributed by atoms with Crippen molar-refractivity contribution in [3.63, 3.8) is 0 Å². The maximum absolute atomic E-state index is 12.9. The topological polar surface area (TPSA) is 20.3 Å². The van der Waals surface area contributed by atoms with Gasteiger partial charge in [0.05, 0.1) is 4.91 Å². The third-order valence-corrected chi connectivity index (χ3v) is 5.79. The molecule has 0 saturated heterocycles. The highest BCUT2D eigenvalue weighted by Crippen LogP contribution is 2.52. The van der Waals surface area contributed by atoms with Gasteiger partial charge in [0.15, 0.2) is 0 Å². The summed E-state index contributed by atoms with van der Waals surface area (Å²) >= 11 is 1.61. The summed E-state index contributed by atoms with van der Waals surface area (Å²) in [5, 5.41) is 0. The standard InChI is InChI=1S/C19H17NOS/c1-19(2)13-9-5-6-10-14(13)20(3)18(19)17-16(21)12-8-4-7-11-15(12)22-17/h4-11H,1-3H3. The minimum atomic E-state index is -0.161. The first kappa shape index (κ1) is 13.6. The molecule has 0 fully saturated rings. The molecule has 110 valence electrons. The van der Waals surface area contributed by atoms with Crippen LogP contribution in [0.25, 0.3) is 0 Å². The Kier molecular flexibility index (Phi) is 2.79. The molecule has 0 unspecified atom stereocenters. The molecule has 2 aliphatic heterocycles. The number of benzene rings is 2. The van der Waals surface area contributed by atoms with Gasteiger partial charge in [-0.25, -0.2) is 0 Å². The first-order chi connectivity index (χ1) is 10.5. The lowest BCUT2D eigenvalue weighted by atomic mass is 9.83. The summed E-state index contributed by atoms with van der Waals surface area (Å²) in [6, 6.07) is 16.3. The maximum Gasteiger partial charge on any atom is 0.202 e. The molecule has 2 aliphatic rings. The van der Waals surface area contributed by atoms with E-state index in [0.717, 1.165) is 21.1 Å². The lowest BCUT2D eigenvalue weighted by Crippen LogP contribution is -2.25. The second-order valence-electron chi connectivity index (χ2n) is 6.31. The van der Waals surface area contributed by atoms with Crippen LogP contribution in [0, 0.1) is 0 Å². The van der Waals surface area contributed by atoms with Gasteiger partial charge in [-0.2, -0.15) is 0 Å². The van der Waals surface area contributed by atoms with Gasteiger partial charge in [0, 0.05) is 34.3 Å². The average Bonchev–Trinajstić information content (AvgIpc) is 2.94. The number of para-hydroxylation sites is 1. The number of carbonyl (C=O) groups excluding carboxylic acids is 1. The minimum absolute atomic E-state index is 0.156. The average molecular weight is 307 g/mol. The van der Waals surface area contributed by atoms with Crippen molar-refractivity contribution in [2.24, 2.45) is 0 Å². The molecule has 22 heavy (non-hydrogen) atoms. The molecule has 2 nitrogen and oxygen atoms in total.